The van der Waals surface area contributed by atoms with E-state index in [1.807, 2.05) is 0 Å². The van der Waals surface area contributed by atoms with Gasteiger partial charge < -0.3 is 4.74 Å². The van der Waals surface area contributed by atoms with Crippen molar-refractivity contribution in [2.24, 2.45) is 0 Å². The minimum Gasteiger partial charge on any atom is -0.494 e. The topological polar surface area (TPSA) is 26.3 Å². The van der Waals surface area contributed by atoms with Gasteiger partial charge in [0, 0.05) is 17.3 Å². The molecule has 0 saturated carbocycles. The molecule has 0 aliphatic carbocycles. The molecular formula is C12H14BrFO2. The molecule has 0 heterocycles. The number of unbranched alkanes of at least 4 members (excludes halogenated alkanes) is 1. The summed E-state index contributed by atoms with van der Waals surface area (Å²) < 4.78 is 17.9. The van der Waals surface area contributed by atoms with Gasteiger partial charge in [0.25, 0.3) is 0 Å². The molecule has 0 fully saturated rings. The molecule has 0 bridgehead atoms. The first-order chi connectivity index (χ1) is 7.69. The van der Waals surface area contributed by atoms with E-state index in [9.17, 15) is 9.18 Å². The molecule has 16 heavy (non-hydrogen) atoms. The third kappa shape index (κ3) is 3.59. The third-order valence-electron chi connectivity index (χ3n) is 2.26. The number of benzene rings is 1. The highest BCUT2D eigenvalue weighted by molar-refractivity contribution is 9.09. The number of methoxy groups -OCH3 is 1. The molecule has 88 valence electrons. The summed E-state index contributed by atoms with van der Waals surface area (Å²) in [6.07, 6.45) is 2.29. The van der Waals surface area contributed by atoms with Crippen molar-refractivity contribution >= 4 is 21.7 Å². The van der Waals surface area contributed by atoms with Crippen molar-refractivity contribution in [1.82, 2.24) is 0 Å². The zero-order valence-corrected chi connectivity index (χ0v) is 10.7. The molecule has 1 aromatic rings. The molecule has 0 radical (unpaired) electrons. The molecule has 1 rings (SSSR count). The number of Topliss-reactive ketones (excluding diaryl/α,β-unsaturated/α-hetero) is 1. The summed E-state index contributed by atoms with van der Waals surface area (Å²) in [7, 11) is 1.39. The van der Waals surface area contributed by atoms with Crippen LogP contribution in [0.1, 0.15) is 29.6 Å². The standard InChI is InChI=1S/C12H14BrFO2/c1-16-12-8-9(5-6-10(12)14)11(15)4-2-3-7-13/h5-6,8H,2-4,7H2,1H3. The lowest BCUT2D eigenvalue weighted by Gasteiger charge is -2.04. The van der Waals surface area contributed by atoms with Crippen LogP contribution in [-0.2, 0) is 0 Å². The molecule has 0 aliphatic heterocycles. The van der Waals surface area contributed by atoms with Gasteiger partial charge in [-0.25, -0.2) is 4.39 Å². The molecular weight excluding hydrogens is 275 g/mol. The van der Waals surface area contributed by atoms with Gasteiger partial charge in [0.15, 0.2) is 17.3 Å². The first-order valence-electron chi connectivity index (χ1n) is 5.11. The molecule has 0 atom stereocenters. The van der Waals surface area contributed by atoms with Crippen molar-refractivity contribution in [2.75, 3.05) is 12.4 Å². The Balaban J connectivity index is 2.68. The van der Waals surface area contributed by atoms with Crippen LogP contribution < -0.4 is 4.74 Å². The Labute approximate surface area is 103 Å². The smallest absolute Gasteiger partial charge is 0.165 e. The molecule has 2 nitrogen and oxygen atoms in total. The average molecular weight is 289 g/mol. The zero-order chi connectivity index (χ0) is 12.0. The second kappa shape index (κ2) is 6.63. The predicted molar refractivity (Wildman–Crippen MR) is 64.9 cm³/mol. The monoisotopic (exact) mass is 288 g/mol. The van der Waals surface area contributed by atoms with Crippen LogP contribution in [0.25, 0.3) is 0 Å². The zero-order valence-electron chi connectivity index (χ0n) is 9.13. The number of rotatable bonds is 6. The summed E-state index contributed by atoms with van der Waals surface area (Å²) in [5.41, 5.74) is 0.507. The number of carbonyl (C=O) groups is 1. The number of ether oxygens (including phenoxy) is 1. The Kier molecular flexibility index (Phi) is 5.46. The van der Waals surface area contributed by atoms with Gasteiger partial charge in [-0.15, -0.1) is 0 Å². The van der Waals surface area contributed by atoms with Crippen LogP contribution in [0.2, 0.25) is 0 Å². The summed E-state index contributed by atoms with van der Waals surface area (Å²) in [6, 6.07) is 4.21. The molecule has 0 aliphatic rings. The highest BCUT2D eigenvalue weighted by Gasteiger charge is 2.09. The summed E-state index contributed by atoms with van der Waals surface area (Å²) >= 11 is 3.31. The summed E-state index contributed by atoms with van der Waals surface area (Å²) in [4.78, 5) is 11.7. The van der Waals surface area contributed by atoms with Gasteiger partial charge in [-0.2, -0.15) is 0 Å². The van der Waals surface area contributed by atoms with Crippen molar-refractivity contribution in [3.05, 3.63) is 29.6 Å². The SMILES string of the molecule is COc1cc(C(=O)CCCCBr)ccc1F. The number of hydrogen-bond donors (Lipinski definition) is 0. The molecule has 0 amide bonds. The Morgan fingerprint density at radius 3 is 2.81 bits per heavy atom. The summed E-state index contributed by atoms with van der Waals surface area (Å²) in [6.45, 7) is 0. The van der Waals surface area contributed by atoms with Gasteiger partial charge in [-0.3, -0.25) is 4.79 Å². The minimum atomic E-state index is -0.445. The van der Waals surface area contributed by atoms with Gasteiger partial charge in [-0.05, 0) is 31.0 Å². The quantitative estimate of drug-likeness (QED) is 0.454. The lowest BCUT2D eigenvalue weighted by molar-refractivity contribution is 0.0979. The van der Waals surface area contributed by atoms with Crippen LogP contribution in [0.4, 0.5) is 4.39 Å². The van der Waals surface area contributed by atoms with E-state index in [0.717, 1.165) is 18.2 Å². The van der Waals surface area contributed by atoms with Crippen LogP contribution in [0.5, 0.6) is 5.75 Å². The van der Waals surface area contributed by atoms with Gasteiger partial charge in [0.1, 0.15) is 0 Å². The van der Waals surface area contributed by atoms with Crippen molar-refractivity contribution in [2.45, 2.75) is 19.3 Å². The molecule has 0 saturated heterocycles. The van der Waals surface area contributed by atoms with E-state index in [4.69, 9.17) is 4.74 Å². The fourth-order valence-electron chi connectivity index (χ4n) is 1.36. The summed E-state index contributed by atoms with van der Waals surface area (Å²) in [5, 5.41) is 0.896. The maximum Gasteiger partial charge on any atom is 0.165 e. The molecule has 0 unspecified atom stereocenters. The normalized spacial score (nSPS) is 10.2. The highest BCUT2D eigenvalue weighted by atomic mass is 79.9. The first-order valence-corrected chi connectivity index (χ1v) is 6.24. The van der Waals surface area contributed by atoms with E-state index in [1.54, 1.807) is 0 Å². The maximum atomic E-state index is 13.1. The fourth-order valence-corrected chi connectivity index (χ4v) is 1.75. The van der Waals surface area contributed by atoms with Crippen LogP contribution in [-0.4, -0.2) is 18.2 Å². The van der Waals surface area contributed by atoms with Gasteiger partial charge in [0.05, 0.1) is 7.11 Å². The van der Waals surface area contributed by atoms with Crippen LogP contribution in [0, 0.1) is 5.82 Å². The highest BCUT2D eigenvalue weighted by Crippen LogP contribution is 2.19. The van der Waals surface area contributed by atoms with E-state index in [1.165, 1.54) is 25.3 Å². The maximum absolute atomic E-state index is 13.1. The Hall–Kier alpha value is -0.900. The molecule has 0 N–H and O–H groups in total. The lowest BCUT2D eigenvalue weighted by Crippen LogP contribution is -2.00. The van der Waals surface area contributed by atoms with E-state index >= 15 is 0 Å². The second-order valence-corrected chi connectivity index (χ2v) is 4.21. The van der Waals surface area contributed by atoms with Crippen molar-refractivity contribution in [1.29, 1.82) is 0 Å². The first kappa shape index (κ1) is 13.2. The molecule has 0 spiro atoms. The number of alkyl halides is 1. The van der Waals surface area contributed by atoms with Crippen molar-refractivity contribution in [3.63, 3.8) is 0 Å². The van der Waals surface area contributed by atoms with Gasteiger partial charge in [0.2, 0.25) is 0 Å². The van der Waals surface area contributed by atoms with Gasteiger partial charge >= 0.3 is 0 Å². The van der Waals surface area contributed by atoms with Crippen molar-refractivity contribution < 1.29 is 13.9 Å². The number of carbonyl (C=O) groups excluding carboxylic acids is 1. The van der Waals surface area contributed by atoms with E-state index in [2.05, 4.69) is 15.9 Å². The summed E-state index contributed by atoms with van der Waals surface area (Å²) in [5.74, 6) is -0.301. The molecule has 1 aromatic carbocycles. The van der Waals surface area contributed by atoms with E-state index in [-0.39, 0.29) is 11.5 Å². The lowest BCUT2D eigenvalue weighted by atomic mass is 10.1. The largest absolute Gasteiger partial charge is 0.494 e. The van der Waals surface area contributed by atoms with E-state index < -0.39 is 5.82 Å². The Bertz CT molecular complexity index is 366. The van der Waals surface area contributed by atoms with Crippen LogP contribution in [0.3, 0.4) is 0 Å². The second-order valence-electron chi connectivity index (χ2n) is 3.42. The Morgan fingerprint density at radius 2 is 2.19 bits per heavy atom. The number of hydrogen-bond acceptors (Lipinski definition) is 2. The third-order valence-corrected chi connectivity index (χ3v) is 2.82. The predicted octanol–water partition coefficient (Wildman–Crippen LogP) is 3.58. The average Bonchev–Trinajstić information content (AvgIpc) is 2.30. The molecule has 4 heteroatoms. The van der Waals surface area contributed by atoms with E-state index in [0.29, 0.717) is 12.0 Å². The molecule has 0 aromatic heterocycles. The Morgan fingerprint density at radius 1 is 1.44 bits per heavy atom. The van der Waals surface area contributed by atoms with Crippen molar-refractivity contribution in [3.8, 4) is 5.75 Å². The van der Waals surface area contributed by atoms with Gasteiger partial charge in [-0.1, -0.05) is 15.9 Å². The fraction of sp³-hybridized carbons (Fsp3) is 0.417. The van der Waals surface area contributed by atoms with Crippen LogP contribution in [0.15, 0.2) is 18.2 Å². The minimum absolute atomic E-state index is 0.0271. The number of ketones is 1. The number of halogens is 2. The van der Waals surface area contributed by atoms with Crippen LogP contribution >= 0.6 is 15.9 Å².